The summed E-state index contributed by atoms with van der Waals surface area (Å²) in [5, 5.41) is 8.43. The summed E-state index contributed by atoms with van der Waals surface area (Å²) >= 11 is 11.7. The van der Waals surface area contributed by atoms with E-state index in [-0.39, 0.29) is 0 Å². The molecule has 0 spiro atoms. The Morgan fingerprint density at radius 2 is 2.12 bits per heavy atom. The number of aromatic nitrogens is 2. The second-order valence-electron chi connectivity index (χ2n) is 3.42. The van der Waals surface area contributed by atoms with E-state index in [1.807, 2.05) is 25.1 Å². The molecule has 0 saturated carbocycles. The Kier molecular flexibility index (Phi) is 3.46. The molecule has 0 aliphatic rings. The lowest BCUT2D eigenvalue weighted by Crippen LogP contribution is -1.84. The van der Waals surface area contributed by atoms with E-state index < -0.39 is 0 Å². The molecule has 2 aromatic rings. The summed E-state index contributed by atoms with van der Waals surface area (Å²) in [6.45, 7) is 1.97. The number of hydrogen-bond acceptors (Lipinski definition) is 3. The normalized spacial score (nSPS) is 10.7. The molecular weight excluding hydrogens is 247 g/mol. The van der Waals surface area contributed by atoms with Crippen molar-refractivity contribution in [3.05, 3.63) is 34.7 Å². The first-order valence-corrected chi connectivity index (χ1v) is 5.77. The molecule has 1 aromatic heterocycles. The van der Waals surface area contributed by atoms with Crippen molar-refractivity contribution in [1.29, 1.82) is 0 Å². The van der Waals surface area contributed by atoms with Gasteiger partial charge < -0.3 is 4.42 Å². The summed E-state index contributed by atoms with van der Waals surface area (Å²) in [6.07, 6.45) is 0.567. The van der Waals surface area contributed by atoms with Crippen molar-refractivity contribution in [3.8, 4) is 11.5 Å². The maximum Gasteiger partial charge on any atom is 0.249 e. The highest BCUT2D eigenvalue weighted by molar-refractivity contribution is 6.33. The summed E-state index contributed by atoms with van der Waals surface area (Å²) in [6, 6.07) is 5.69. The van der Waals surface area contributed by atoms with Gasteiger partial charge in [0.25, 0.3) is 0 Å². The lowest BCUT2D eigenvalue weighted by molar-refractivity contribution is 0.514. The Hall–Kier alpha value is -1.06. The Bertz CT molecular complexity index is 496. The number of benzene rings is 1. The van der Waals surface area contributed by atoms with E-state index in [1.54, 1.807) is 0 Å². The SMILES string of the molecule is Cc1ccc(-c2nnc(CCCl)o2)c(Cl)c1. The van der Waals surface area contributed by atoms with Crippen LogP contribution >= 0.6 is 23.2 Å². The minimum Gasteiger partial charge on any atom is -0.421 e. The molecule has 0 N–H and O–H groups in total. The molecule has 84 valence electrons. The Labute approximate surface area is 103 Å². The number of halogens is 2. The molecule has 0 fully saturated rings. The van der Waals surface area contributed by atoms with Crippen molar-refractivity contribution in [3.63, 3.8) is 0 Å². The van der Waals surface area contributed by atoms with Gasteiger partial charge in [-0.15, -0.1) is 21.8 Å². The first-order valence-electron chi connectivity index (χ1n) is 4.85. The lowest BCUT2D eigenvalue weighted by Gasteiger charge is -1.99. The van der Waals surface area contributed by atoms with E-state index in [2.05, 4.69) is 10.2 Å². The van der Waals surface area contributed by atoms with Crippen molar-refractivity contribution in [2.45, 2.75) is 13.3 Å². The minimum atomic E-state index is 0.435. The van der Waals surface area contributed by atoms with Gasteiger partial charge in [0.15, 0.2) is 0 Å². The standard InChI is InChI=1S/C11H10Cl2N2O/c1-7-2-3-8(9(13)6-7)11-15-14-10(16-11)4-5-12/h2-3,6H,4-5H2,1H3. The van der Waals surface area contributed by atoms with Gasteiger partial charge in [0, 0.05) is 12.3 Å². The second kappa shape index (κ2) is 4.85. The van der Waals surface area contributed by atoms with Crippen LogP contribution in [-0.4, -0.2) is 16.1 Å². The molecule has 0 radical (unpaired) electrons. The fourth-order valence-electron chi connectivity index (χ4n) is 1.34. The molecule has 2 rings (SSSR count). The van der Waals surface area contributed by atoms with Crippen molar-refractivity contribution in [2.24, 2.45) is 0 Å². The van der Waals surface area contributed by atoms with E-state index >= 15 is 0 Å². The third-order valence-electron chi connectivity index (χ3n) is 2.13. The topological polar surface area (TPSA) is 38.9 Å². The molecule has 0 aliphatic heterocycles. The van der Waals surface area contributed by atoms with Crippen molar-refractivity contribution in [2.75, 3.05) is 5.88 Å². The molecule has 3 nitrogen and oxygen atoms in total. The van der Waals surface area contributed by atoms with Gasteiger partial charge in [0.1, 0.15) is 0 Å². The third kappa shape index (κ3) is 2.36. The quantitative estimate of drug-likeness (QED) is 0.790. The average Bonchev–Trinajstić information content (AvgIpc) is 2.67. The zero-order valence-corrected chi connectivity index (χ0v) is 10.2. The summed E-state index contributed by atoms with van der Waals surface area (Å²) in [5.74, 6) is 1.43. The van der Waals surface area contributed by atoms with Gasteiger partial charge >= 0.3 is 0 Å². The first-order chi connectivity index (χ1) is 7.70. The summed E-state index contributed by atoms with van der Waals surface area (Å²) < 4.78 is 5.44. The number of hydrogen-bond donors (Lipinski definition) is 0. The Morgan fingerprint density at radius 3 is 2.81 bits per heavy atom. The Morgan fingerprint density at radius 1 is 1.31 bits per heavy atom. The second-order valence-corrected chi connectivity index (χ2v) is 4.21. The molecule has 16 heavy (non-hydrogen) atoms. The van der Waals surface area contributed by atoms with Crippen LogP contribution in [0, 0.1) is 6.92 Å². The minimum absolute atomic E-state index is 0.435. The molecule has 0 bridgehead atoms. The van der Waals surface area contributed by atoms with Crippen LogP contribution in [0.15, 0.2) is 22.6 Å². The number of alkyl halides is 1. The zero-order chi connectivity index (χ0) is 11.5. The monoisotopic (exact) mass is 256 g/mol. The highest BCUT2D eigenvalue weighted by Crippen LogP contribution is 2.27. The lowest BCUT2D eigenvalue weighted by atomic mass is 10.1. The first kappa shape index (κ1) is 11.4. The largest absolute Gasteiger partial charge is 0.421 e. The molecule has 0 saturated heterocycles. The van der Waals surface area contributed by atoms with Gasteiger partial charge in [-0.3, -0.25) is 0 Å². The maximum atomic E-state index is 6.10. The van der Waals surface area contributed by atoms with E-state index in [4.69, 9.17) is 27.6 Å². The van der Waals surface area contributed by atoms with E-state index in [0.717, 1.165) is 11.1 Å². The van der Waals surface area contributed by atoms with Crippen LogP contribution in [0.25, 0.3) is 11.5 Å². The molecule has 0 unspecified atom stereocenters. The third-order valence-corrected chi connectivity index (χ3v) is 2.63. The van der Waals surface area contributed by atoms with Crippen molar-refractivity contribution in [1.82, 2.24) is 10.2 Å². The van der Waals surface area contributed by atoms with Crippen LogP contribution in [-0.2, 0) is 6.42 Å². The van der Waals surface area contributed by atoms with Gasteiger partial charge in [-0.2, -0.15) is 0 Å². The van der Waals surface area contributed by atoms with Gasteiger partial charge in [0.05, 0.1) is 10.6 Å². The fraction of sp³-hybridized carbons (Fsp3) is 0.273. The van der Waals surface area contributed by atoms with Crippen LogP contribution < -0.4 is 0 Å². The van der Waals surface area contributed by atoms with Crippen LogP contribution in [0.4, 0.5) is 0 Å². The summed E-state index contributed by atoms with van der Waals surface area (Å²) in [7, 11) is 0. The number of rotatable bonds is 3. The van der Waals surface area contributed by atoms with Crippen LogP contribution in [0.2, 0.25) is 5.02 Å². The van der Waals surface area contributed by atoms with E-state index in [0.29, 0.717) is 29.1 Å². The summed E-state index contributed by atoms with van der Waals surface area (Å²) in [5.41, 5.74) is 1.84. The van der Waals surface area contributed by atoms with Crippen LogP contribution in [0.1, 0.15) is 11.5 Å². The Balaban J connectivity index is 2.35. The van der Waals surface area contributed by atoms with Crippen molar-refractivity contribution < 1.29 is 4.42 Å². The zero-order valence-electron chi connectivity index (χ0n) is 8.70. The van der Waals surface area contributed by atoms with Gasteiger partial charge in [-0.25, -0.2) is 0 Å². The molecular formula is C11H10Cl2N2O. The highest BCUT2D eigenvalue weighted by atomic mass is 35.5. The highest BCUT2D eigenvalue weighted by Gasteiger charge is 2.11. The van der Waals surface area contributed by atoms with Gasteiger partial charge in [-0.1, -0.05) is 17.7 Å². The van der Waals surface area contributed by atoms with Gasteiger partial charge in [-0.05, 0) is 24.6 Å². The molecule has 1 heterocycles. The van der Waals surface area contributed by atoms with Crippen LogP contribution in [0.3, 0.4) is 0 Å². The van der Waals surface area contributed by atoms with E-state index in [9.17, 15) is 0 Å². The van der Waals surface area contributed by atoms with Gasteiger partial charge in [0.2, 0.25) is 11.8 Å². The smallest absolute Gasteiger partial charge is 0.249 e. The molecule has 5 heteroatoms. The van der Waals surface area contributed by atoms with Crippen LogP contribution in [0.5, 0.6) is 0 Å². The number of aryl methyl sites for hydroxylation is 2. The number of nitrogens with zero attached hydrogens (tertiary/aromatic N) is 2. The molecule has 0 amide bonds. The van der Waals surface area contributed by atoms with Crippen molar-refractivity contribution >= 4 is 23.2 Å². The fourth-order valence-corrected chi connectivity index (χ4v) is 1.82. The predicted octanol–water partition coefficient (Wildman–Crippen LogP) is 3.48. The van der Waals surface area contributed by atoms with E-state index in [1.165, 1.54) is 0 Å². The summed E-state index contributed by atoms with van der Waals surface area (Å²) in [4.78, 5) is 0. The molecule has 1 aromatic carbocycles. The molecule has 0 atom stereocenters. The molecule has 0 aliphatic carbocycles. The average molecular weight is 257 g/mol. The predicted molar refractivity (Wildman–Crippen MR) is 63.9 cm³/mol. The maximum absolute atomic E-state index is 6.10.